The first-order valence-electron chi connectivity index (χ1n) is 6.24. The number of nitrogens with one attached hydrogen (secondary N) is 2. The lowest BCUT2D eigenvalue weighted by Crippen LogP contribution is -2.20. The van der Waals surface area contributed by atoms with Gasteiger partial charge in [0.25, 0.3) is 0 Å². The molecule has 102 valence electrons. The molecule has 2 unspecified atom stereocenters. The molecule has 1 heterocycles. The summed E-state index contributed by atoms with van der Waals surface area (Å²) < 4.78 is 5.27. The second kappa shape index (κ2) is 7.00. The molecule has 0 aromatic carbocycles. The molecule has 0 aliphatic heterocycles. The average Bonchev–Trinajstić information content (AvgIpc) is 2.37. The first-order chi connectivity index (χ1) is 8.62. The monoisotopic (exact) mass is 253 g/mol. The number of methoxy groups -OCH3 is 1. The Labute approximate surface area is 108 Å². The summed E-state index contributed by atoms with van der Waals surface area (Å²) in [6.45, 7) is 6.56. The fourth-order valence-electron chi connectivity index (χ4n) is 1.84. The van der Waals surface area contributed by atoms with Crippen LogP contribution in [0, 0.1) is 5.92 Å². The maximum Gasteiger partial charge on any atom is 0.205 e. The van der Waals surface area contributed by atoms with Crippen molar-refractivity contribution in [1.82, 2.24) is 9.97 Å². The van der Waals surface area contributed by atoms with Crippen molar-refractivity contribution in [2.75, 3.05) is 17.9 Å². The lowest BCUT2D eigenvalue weighted by atomic mass is 10.0. The summed E-state index contributed by atoms with van der Waals surface area (Å²) >= 11 is 0. The van der Waals surface area contributed by atoms with Crippen molar-refractivity contribution in [3.63, 3.8) is 0 Å². The number of hydrogen-bond donors (Lipinski definition) is 3. The van der Waals surface area contributed by atoms with E-state index in [1.54, 1.807) is 7.11 Å². The molecule has 18 heavy (non-hydrogen) atoms. The van der Waals surface area contributed by atoms with Crippen molar-refractivity contribution in [1.29, 1.82) is 0 Å². The van der Waals surface area contributed by atoms with Gasteiger partial charge in [-0.1, -0.05) is 20.3 Å². The van der Waals surface area contributed by atoms with Crippen molar-refractivity contribution in [3.05, 3.63) is 6.33 Å². The molecule has 4 N–H and O–H groups in total. The van der Waals surface area contributed by atoms with E-state index in [0.717, 1.165) is 6.42 Å². The Balaban J connectivity index is 2.77. The van der Waals surface area contributed by atoms with E-state index in [4.69, 9.17) is 10.6 Å². The zero-order valence-electron chi connectivity index (χ0n) is 11.5. The molecule has 1 rings (SSSR count). The van der Waals surface area contributed by atoms with Crippen LogP contribution in [-0.4, -0.2) is 23.1 Å². The number of hydrazine groups is 1. The molecule has 0 bridgehead atoms. The van der Waals surface area contributed by atoms with Gasteiger partial charge in [0.05, 0.1) is 7.11 Å². The van der Waals surface area contributed by atoms with Gasteiger partial charge in [-0.25, -0.2) is 15.8 Å². The summed E-state index contributed by atoms with van der Waals surface area (Å²) in [6, 6.07) is 0.314. The Morgan fingerprint density at radius 1 is 1.33 bits per heavy atom. The minimum atomic E-state index is 0.314. The topological polar surface area (TPSA) is 85.1 Å². The van der Waals surface area contributed by atoms with Crippen LogP contribution >= 0.6 is 0 Å². The van der Waals surface area contributed by atoms with Gasteiger partial charge in [0, 0.05) is 6.04 Å². The van der Waals surface area contributed by atoms with Crippen LogP contribution < -0.4 is 21.3 Å². The zero-order valence-corrected chi connectivity index (χ0v) is 11.5. The van der Waals surface area contributed by atoms with Crippen LogP contribution in [0.4, 0.5) is 11.6 Å². The predicted molar refractivity (Wildman–Crippen MR) is 73.6 cm³/mol. The van der Waals surface area contributed by atoms with Gasteiger partial charge in [0.2, 0.25) is 5.75 Å². The van der Waals surface area contributed by atoms with Crippen molar-refractivity contribution in [2.45, 2.75) is 39.7 Å². The molecule has 2 atom stereocenters. The van der Waals surface area contributed by atoms with Crippen LogP contribution in [-0.2, 0) is 0 Å². The van der Waals surface area contributed by atoms with E-state index in [2.05, 4.69) is 41.5 Å². The molecule has 0 aliphatic rings. The molecule has 0 amide bonds. The molecule has 0 fully saturated rings. The third-order valence-corrected chi connectivity index (χ3v) is 2.98. The highest BCUT2D eigenvalue weighted by atomic mass is 16.5. The zero-order chi connectivity index (χ0) is 13.5. The number of hydrogen-bond acceptors (Lipinski definition) is 6. The Hall–Kier alpha value is -1.56. The van der Waals surface area contributed by atoms with Crippen molar-refractivity contribution >= 4 is 11.6 Å². The summed E-state index contributed by atoms with van der Waals surface area (Å²) in [4.78, 5) is 8.19. The fourth-order valence-corrected chi connectivity index (χ4v) is 1.84. The molecule has 6 heteroatoms. The number of nitrogen functional groups attached to an aromatic ring is 1. The van der Waals surface area contributed by atoms with Crippen LogP contribution in [0.5, 0.6) is 5.75 Å². The number of rotatable bonds is 7. The van der Waals surface area contributed by atoms with Crippen molar-refractivity contribution in [3.8, 4) is 5.75 Å². The highest BCUT2D eigenvalue weighted by molar-refractivity contribution is 5.63. The van der Waals surface area contributed by atoms with Gasteiger partial charge in [-0.3, -0.25) is 0 Å². The summed E-state index contributed by atoms with van der Waals surface area (Å²) in [5.41, 5.74) is 2.50. The molecule has 1 aromatic rings. The van der Waals surface area contributed by atoms with E-state index >= 15 is 0 Å². The predicted octanol–water partition coefficient (Wildman–Crippen LogP) is 2.01. The fraction of sp³-hybridized carbons (Fsp3) is 0.667. The maximum absolute atomic E-state index is 5.38. The summed E-state index contributed by atoms with van der Waals surface area (Å²) in [7, 11) is 1.57. The Bertz CT molecular complexity index is 371. The Morgan fingerprint density at radius 3 is 2.56 bits per heavy atom. The van der Waals surface area contributed by atoms with Crippen LogP contribution in [0.2, 0.25) is 0 Å². The Kier molecular flexibility index (Phi) is 5.64. The number of nitrogens with zero attached hydrogens (tertiary/aromatic N) is 2. The van der Waals surface area contributed by atoms with Crippen LogP contribution in [0.1, 0.15) is 33.6 Å². The van der Waals surface area contributed by atoms with Gasteiger partial charge >= 0.3 is 0 Å². The quantitative estimate of drug-likeness (QED) is 0.509. The van der Waals surface area contributed by atoms with Gasteiger partial charge in [0.15, 0.2) is 11.6 Å². The van der Waals surface area contributed by atoms with E-state index in [9.17, 15) is 0 Å². The molecule has 0 aliphatic carbocycles. The van der Waals surface area contributed by atoms with E-state index < -0.39 is 0 Å². The summed E-state index contributed by atoms with van der Waals surface area (Å²) in [5.74, 6) is 7.73. The standard InChI is InChI=1S/C12H23N5O/c1-5-8(2)6-9(3)16-11-10(18-4)12(17-13)15-7-14-11/h7-9H,5-6,13H2,1-4H3,(H2,14,15,16,17). The minimum Gasteiger partial charge on any atom is -0.490 e. The second-order valence-corrected chi connectivity index (χ2v) is 4.54. The molecule has 6 nitrogen and oxygen atoms in total. The third-order valence-electron chi connectivity index (χ3n) is 2.98. The molecular formula is C12H23N5O. The molecule has 0 spiro atoms. The van der Waals surface area contributed by atoms with Gasteiger partial charge in [-0.05, 0) is 19.3 Å². The molecular weight excluding hydrogens is 230 g/mol. The Morgan fingerprint density at radius 2 is 2.00 bits per heavy atom. The first-order valence-corrected chi connectivity index (χ1v) is 6.24. The van der Waals surface area contributed by atoms with Crippen molar-refractivity contribution in [2.24, 2.45) is 11.8 Å². The number of nitrogens with two attached hydrogens (primary N) is 1. The second-order valence-electron chi connectivity index (χ2n) is 4.54. The summed E-state index contributed by atoms with van der Waals surface area (Å²) in [6.07, 6.45) is 3.70. The third kappa shape index (κ3) is 3.73. The van der Waals surface area contributed by atoms with Gasteiger partial charge < -0.3 is 15.5 Å². The highest BCUT2D eigenvalue weighted by Gasteiger charge is 2.14. The number of ether oxygens (including phenoxy) is 1. The highest BCUT2D eigenvalue weighted by Crippen LogP contribution is 2.29. The van der Waals surface area contributed by atoms with E-state index in [-0.39, 0.29) is 0 Å². The van der Waals surface area contributed by atoms with Gasteiger partial charge in [-0.2, -0.15) is 0 Å². The average molecular weight is 253 g/mol. The maximum atomic E-state index is 5.38. The summed E-state index contributed by atoms with van der Waals surface area (Å²) in [5, 5.41) is 3.33. The van der Waals surface area contributed by atoms with Crippen LogP contribution in [0.15, 0.2) is 6.33 Å². The van der Waals surface area contributed by atoms with Crippen LogP contribution in [0.25, 0.3) is 0 Å². The SMILES string of the molecule is CCC(C)CC(C)Nc1ncnc(NN)c1OC. The smallest absolute Gasteiger partial charge is 0.205 e. The molecule has 0 saturated carbocycles. The van der Waals surface area contributed by atoms with Gasteiger partial charge in [0.1, 0.15) is 6.33 Å². The molecule has 0 radical (unpaired) electrons. The van der Waals surface area contributed by atoms with Crippen LogP contribution in [0.3, 0.4) is 0 Å². The number of anilines is 2. The van der Waals surface area contributed by atoms with Crippen molar-refractivity contribution < 1.29 is 4.74 Å². The van der Waals surface area contributed by atoms with Gasteiger partial charge in [-0.15, -0.1) is 0 Å². The lowest BCUT2D eigenvalue weighted by molar-refractivity contribution is 0.413. The van der Waals surface area contributed by atoms with E-state index in [0.29, 0.717) is 29.3 Å². The normalized spacial score (nSPS) is 13.8. The van der Waals surface area contributed by atoms with E-state index in [1.165, 1.54) is 12.7 Å². The van der Waals surface area contributed by atoms with E-state index in [1.807, 2.05) is 0 Å². The minimum absolute atomic E-state index is 0.314. The number of aromatic nitrogens is 2. The first kappa shape index (κ1) is 14.5. The lowest BCUT2D eigenvalue weighted by Gasteiger charge is -2.20. The largest absolute Gasteiger partial charge is 0.490 e. The molecule has 1 aromatic heterocycles. The molecule has 0 saturated heterocycles.